The highest BCUT2D eigenvalue weighted by molar-refractivity contribution is 6.35. The van der Waals surface area contributed by atoms with Crippen molar-refractivity contribution < 1.29 is 19.1 Å². The topological polar surface area (TPSA) is 67.9 Å². The van der Waals surface area contributed by atoms with Crippen LogP contribution in [0.25, 0.3) is 0 Å². The van der Waals surface area contributed by atoms with Gasteiger partial charge >= 0.3 is 12.1 Å². The third-order valence-electron chi connectivity index (χ3n) is 2.02. The van der Waals surface area contributed by atoms with Gasteiger partial charge < -0.3 is 9.47 Å². The molecule has 20 heavy (non-hydrogen) atoms. The van der Waals surface area contributed by atoms with Gasteiger partial charge in [-0.05, 0) is 39.0 Å². The van der Waals surface area contributed by atoms with Crippen molar-refractivity contribution in [3.8, 4) is 0 Å². The number of carbonyl (C=O) groups is 2. The second-order valence-corrected chi connectivity index (χ2v) is 5.19. The van der Waals surface area contributed by atoms with Crippen molar-refractivity contribution in [2.75, 3.05) is 5.32 Å². The molecule has 1 atom stereocenters. The zero-order valence-electron chi connectivity index (χ0n) is 11.3. The molecule has 1 saturated heterocycles. The normalized spacial score (nSPS) is 15.9. The molecule has 1 amide bonds. The molecule has 1 N–H and O–H groups in total. The smallest absolute Gasteiger partial charge is 0.411 e. The number of ether oxygens (including phenoxy) is 2. The Morgan fingerprint density at radius 1 is 1.30 bits per heavy atom. The molecule has 0 aromatic heterocycles. The fraction of sp³-hybridized carbons (Fsp3) is 0.385. The molecule has 1 unspecified atom stereocenters. The van der Waals surface area contributed by atoms with Crippen molar-refractivity contribution in [3.63, 3.8) is 0 Å². The van der Waals surface area contributed by atoms with E-state index in [0.717, 1.165) is 0 Å². The molecule has 110 valence electrons. The Labute approximate surface area is 127 Å². The van der Waals surface area contributed by atoms with Gasteiger partial charge in [0.05, 0.1) is 6.10 Å². The van der Waals surface area contributed by atoms with Gasteiger partial charge in [0, 0.05) is 15.7 Å². The van der Waals surface area contributed by atoms with Crippen LogP contribution in [0.4, 0.5) is 10.5 Å². The molecule has 1 aromatic carbocycles. The monoisotopic (exact) mass is 319 g/mol. The predicted molar refractivity (Wildman–Crippen MR) is 77.3 cm³/mol. The van der Waals surface area contributed by atoms with Gasteiger partial charge in [-0.15, -0.1) is 0 Å². The van der Waals surface area contributed by atoms with Crippen LogP contribution in [0.5, 0.6) is 0 Å². The molecule has 7 heteroatoms. The number of rotatable bonds is 2. The molecule has 0 saturated carbocycles. The van der Waals surface area contributed by atoms with E-state index in [1.165, 1.54) is 0 Å². The van der Waals surface area contributed by atoms with Crippen molar-refractivity contribution in [2.24, 2.45) is 0 Å². The number of nitrogens with one attached hydrogen (secondary N) is 1. The van der Waals surface area contributed by atoms with E-state index >= 15 is 0 Å². The van der Waals surface area contributed by atoms with Gasteiger partial charge in [0.15, 0.2) is 6.10 Å². The number of benzene rings is 1. The summed E-state index contributed by atoms with van der Waals surface area (Å²) in [4.78, 5) is 20.9. The summed E-state index contributed by atoms with van der Waals surface area (Å²) in [6.07, 6.45) is -0.780. The summed E-state index contributed by atoms with van der Waals surface area (Å²) in [7, 11) is 0. The predicted octanol–water partition coefficient (Wildman–Crippen LogP) is 3.88. The SMILES string of the molecule is CC(C)OC(=O)Nc1cc(Cl)cc(Cl)c1.CC1OC1=O. The van der Waals surface area contributed by atoms with Gasteiger partial charge in [-0.2, -0.15) is 0 Å². The number of anilines is 1. The Morgan fingerprint density at radius 2 is 1.75 bits per heavy atom. The maximum atomic E-state index is 11.2. The summed E-state index contributed by atoms with van der Waals surface area (Å²) in [5.41, 5.74) is 0.512. The van der Waals surface area contributed by atoms with Gasteiger partial charge in [-0.1, -0.05) is 23.2 Å². The maximum absolute atomic E-state index is 11.2. The fourth-order valence-electron chi connectivity index (χ4n) is 1.13. The zero-order valence-corrected chi connectivity index (χ0v) is 12.8. The van der Waals surface area contributed by atoms with Crippen LogP contribution in [0.3, 0.4) is 0 Å². The summed E-state index contributed by atoms with van der Waals surface area (Å²) in [6, 6.07) is 4.77. The van der Waals surface area contributed by atoms with Gasteiger partial charge in [0.25, 0.3) is 0 Å². The van der Waals surface area contributed by atoms with E-state index in [2.05, 4.69) is 10.1 Å². The molecule has 0 spiro atoms. The average Bonchev–Trinajstić information content (AvgIpc) is 2.89. The van der Waals surface area contributed by atoms with E-state index in [4.69, 9.17) is 27.9 Å². The number of halogens is 2. The lowest BCUT2D eigenvalue weighted by atomic mass is 10.3. The second kappa shape index (κ2) is 7.36. The van der Waals surface area contributed by atoms with E-state index in [9.17, 15) is 9.59 Å². The van der Waals surface area contributed by atoms with Crippen molar-refractivity contribution >= 4 is 41.0 Å². The number of hydrogen-bond acceptors (Lipinski definition) is 4. The highest BCUT2D eigenvalue weighted by atomic mass is 35.5. The lowest BCUT2D eigenvalue weighted by Gasteiger charge is -2.09. The Hall–Kier alpha value is -1.46. The Balaban J connectivity index is 0.000000333. The molecule has 2 rings (SSSR count). The van der Waals surface area contributed by atoms with Crippen molar-refractivity contribution in [1.82, 2.24) is 0 Å². The summed E-state index contributed by atoms with van der Waals surface area (Å²) in [5.74, 6) is -0.0787. The molecule has 1 heterocycles. The summed E-state index contributed by atoms with van der Waals surface area (Å²) in [5, 5.41) is 3.45. The van der Waals surface area contributed by atoms with Gasteiger partial charge in [0.1, 0.15) is 0 Å². The lowest BCUT2D eigenvalue weighted by molar-refractivity contribution is -0.117. The largest absolute Gasteiger partial charge is 0.448 e. The van der Waals surface area contributed by atoms with Crippen LogP contribution < -0.4 is 5.32 Å². The van der Waals surface area contributed by atoms with Gasteiger partial charge in [-0.25, -0.2) is 9.59 Å². The van der Waals surface area contributed by atoms with E-state index in [1.54, 1.807) is 39.0 Å². The van der Waals surface area contributed by atoms with Crippen LogP contribution in [0, 0.1) is 0 Å². The zero-order chi connectivity index (χ0) is 15.3. The summed E-state index contributed by atoms with van der Waals surface area (Å²) >= 11 is 11.5. The van der Waals surface area contributed by atoms with E-state index in [1.807, 2.05) is 0 Å². The molecule has 1 aliphatic rings. The first-order valence-corrected chi connectivity index (χ1v) is 6.67. The quantitative estimate of drug-likeness (QED) is 0.840. The van der Waals surface area contributed by atoms with Crippen molar-refractivity contribution in [1.29, 1.82) is 0 Å². The average molecular weight is 320 g/mol. The first-order chi connectivity index (χ1) is 9.27. The van der Waals surface area contributed by atoms with Gasteiger partial charge in [0.2, 0.25) is 0 Å². The fourth-order valence-corrected chi connectivity index (χ4v) is 1.65. The van der Waals surface area contributed by atoms with Crippen LogP contribution in [0.2, 0.25) is 10.0 Å². The summed E-state index contributed by atoms with van der Waals surface area (Å²) in [6.45, 7) is 5.26. The molecule has 1 fully saturated rings. The second-order valence-electron chi connectivity index (χ2n) is 4.32. The number of carbonyl (C=O) groups excluding carboxylic acids is 2. The third kappa shape index (κ3) is 6.63. The van der Waals surface area contributed by atoms with Crippen molar-refractivity contribution in [2.45, 2.75) is 33.0 Å². The van der Waals surface area contributed by atoms with Gasteiger partial charge in [-0.3, -0.25) is 5.32 Å². The number of amides is 1. The molecular formula is C13H15Cl2NO4. The first kappa shape index (κ1) is 16.6. The highest BCUT2D eigenvalue weighted by Crippen LogP contribution is 2.22. The van der Waals surface area contributed by atoms with Crippen LogP contribution in [-0.4, -0.2) is 24.3 Å². The minimum Gasteiger partial charge on any atom is -0.448 e. The van der Waals surface area contributed by atoms with E-state index in [-0.39, 0.29) is 18.2 Å². The molecule has 1 aliphatic heterocycles. The molecule has 0 aliphatic carbocycles. The Kier molecular flexibility index (Phi) is 6.10. The van der Waals surface area contributed by atoms with Crippen LogP contribution in [0.15, 0.2) is 18.2 Å². The Morgan fingerprint density at radius 3 is 2.10 bits per heavy atom. The standard InChI is InChI=1S/C10H11Cl2NO2.C3H4O2/c1-6(2)15-10(14)13-9-4-7(11)3-8(12)5-9;1-2-3(4)5-2/h3-6H,1-2H3,(H,13,14);2H,1H3. The van der Waals surface area contributed by atoms with Crippen LogP contribution >= 0.6 is 23.2 Å². The van der Waals surface area contributed by atoms with Crippen LogP contribution in [0.1, 0.15) is 20.8 Å². The lowest BCUT2D eigenvalue weighted by Crippen LogP contribution is -2.17. The molecule has 0 radical (unpaired) electrons. The summed E-state index contributed by atoms with van der Waals surface area (Å²) < 4.78 is 9.18. The first-order valence-electron chi connectivity index (χ1n) is 5.92. The third-order valence-corrected chi connectivity index (χ3v) is 2.46. The maximum Gasteiger partial charge on any atom is 0.411 e. The molecule has 5 nitrogen and oxygen atoms in total. The minimum atomic E-state index is -0.525. The van der Waals surface area contributed by atoms with Crippen molar-refractivity contribution in [3.05, 3.63) is 28.2 Å². The molecular weight excluding hydrogens is 305 g/mol. The van der Waals surface area contributed by atoms with Crippen LogP contribution in [-0.2, 0) is 14.3 Å². The Bertz CT molecular complexity index is 485. The minimum absolute atomic E-state index is 0.0787. The molecule has 0 bridgehead atoms. The van der Waals surface area contributed by atoms with E-state index in [0.29, 0.717) is 15.7 Å². The molecule has 1 aromatic rings. The highest BCUT2D eigenvalue weighted by Gasteiger charge is 2.31. The number of hydrogen-bond donors (Lipinski definition) is 1. The number of epoxide rings is 1. The number of cyclic esters (lactones) is 1. The van der Waals surface area contributed by atoms with E-state index < -0.39 is 6.09 Å².